The van der Waals surface area contributed by atoms with Gasteiger partial charge in [-0.05, 0) is 34.0 Å². The summed E-state index contributed by atoms with van der Waals surface area (Å²) < 4.78 is 1.00. The van der Waals surface area contributed by atoms with E-state index in [-0.39, 0.29) is 6.04 Å². The normalized spacial score (nSPS) is 12.2. The monoisotopic (exact) mass is 280 g/mol. The van der Waals surface area contributed by atoms with Crippen molar-refractivity contribution in [3.05, 3.63) is 28.7 Å². The van der Waals surface area contributed by atoms with Crippen LogP contribution in [-0.4, -0.2) is 6.04 Å². The van der Waals surface area contributed by atoms with Gasteiger partial charge >= 0.3 is 0 Å². The van der Waals surface area contributed by atoms with E-state index in [2.05, 4.69) is 41.2 Å². The maximum atomic E-state index is 9.18. The van der Waals surface area contributed by atoms with Crippen LogP contribution in [0, 0.1) is 17.2 Å². The van der Waals surface area contributed by atoms with Gasteiger partial charge in [-0.2, -0.15) is 5.26 Å². The van der Waals surface area contributed by atoms with Gasteiger partial charge < -0.3 is 5.32 Å². The third-order valence-electron chi connectivity index (χ3n) is 2.84. The van der Waals surface area contributed by atoms with E-state index in [1.807, 2.05) is 24.3 Å². The molecule has 1 aromatic rings. The molecule has 1 unspecified atom stereocenters. The first-order valence-corrected chi connectivity index (χ1v) is 6.42. The van der Waals surface area contributed by atoms with Gasteiger partial charge in [-0.25, -0.2) is 0 Å². The molecule has 1 N–H and O–H groups in total. The lowest BCUT2D eigenvalue weighted by molar-refractivity contribution is 0.469. The van der Waals surface area contributed by atoms with Gasteiger partial charge in [0.2, 0.25) is 0 Å². The Balaban J connectivity index is 2.79. The second-order valence-electron chi connectivity index (χ2n) is 3.81. The summed E-state index contributed by atoms with van der Waals surface area (Å²) in [5.41, 5.74) is 0.987. The zero-order valence-electron chi connectivity index (χ0n) is 9.70. The van der Waals surface area contributed by atoms with Crippen molar-refractivity contribution in [2.75, 3.05) is 5.32 Å². The van der Waals surface area contributed by atoms with Crippen molar-refractivity contribution < 1.29 is 0 Å². The average Bonchev–Trinajstić information content (AvgIpc) is 2.31. The zero-order chi connectivity index (χ0) is 12.0. The zero-order valence-corrected chi connectivity index (χ0v) is 11.3. The Morgan fingerprint density at radius 2 is 1.94 bits per heavy atom. The first-order chi connectivity index (χ1) is 7.72. The summed E-state index contributed by atoms with van der Waals surface area (Å²) in [6.07, 6.45) is 2.04. The Hall–Kier alpha value is -1.01. The Morgan fingerprint density at radius 1 is 1.31 bits per heavy atom. The second kappa shape index (κ2) is 6.55. The lowest BCUT2D eigenvalue weighted by Gasteiger charge is -2.21. The van der Waals surface area contributed by atoms with Gasteiger partial charge in [-0.1, -0.05) is 38.8 Å². The molecule has 86 valence electrons. The fraction of sp³-hybridized carbons (Fsp3) is 0.462. The summed E-state index contributed by atoms with van der Waals surface area (Å²) in [5.74, 6) is 0.400. The summed E-state index contributed by atoms with van der Waals surface area (Å²) in [6, 6.07) is 10.1. The molecule has 0 fully saturated rings. The van der Waals surface area contributed by atoms with Gasteiger partial charge in [0.05, 0.1) is 6.07 Å². The average molecular weight is 281 g/mol. The summed E-state index contributed by atoms with van der Waals surface area (Å²) in [6.45, 7) is 4.25. The number of halogens is 1. The predicted octanol–water partition coefficient (Wildman–Crippen LogP) is 4.19. The lowest BCUT2D eigenvalue weighted by atomic mass is 9.95. The maximum Gasteiger partial charge on any atom is 0.117 e. The molecule has 0 aromatic heterocycles. The Bertz CT molecular complexity index is 366. The number of nitrogens with one attached hydrogen (secondary N) is 1. The number of anilines is 1. The number of hydrogen-bond donors (Lipinski definition) is 1. The molecule has 0 spiro atoms. The van der Waals surface area contributed by atoms with Crippen LogP contribution in [0.25, 0.3) is 0 Å². The number of para-hydroxylation sites is 1. The number of nitrogens with zero attached hydrogens (tertiary/aromatic N) is 1. The molecule has 1 atom stereocenters. The maximum absolute atomic E-state index is 9.18. The third kappa shape index (κ3) is 3.24. The highest BCUT2D eigenvalue weighted by atomic mass is 79.9. The minimum Gasteiger partial charge on any atom is -0.369 e. The fourth-order valence-electron chi connectivity index (χ4n) is 1.76. The molecule has 0 radical (unpaired) electrons. The van der Waals surface area contributed by atoms with Gasteiger partial charge in [0.25, 0.3) is 0 Å². The van der Waals surface area contributed by atoms with Crippen LogP contribution in [0.15, 0.2) is 28.7 Å². The number of rotatable bonds is 5. The molecule has 0 aliphatic rings. The largest absolute Gasteiger partial charge is 0.369 e. The highest BCUT2D eigenvalue weighted by Gasteiger charge is 2.18. The van der Waals surface area contributed by atoms with Crippen LogP contribution in [0.4, 0.5) is 5.69 Å². The molecule has 0 heterocycles. The van der Waals surface area contributed by atoms with Crippen molar-refractivity contribution in [2.24, 2.45) is 5.92 Å². The molecular formula is C13H17BrN2. The lowest BCUT2D eigenvalue weighted by Crippen LogP contribution is -2.26. The Morgan fingerprint density at radius 3 is 2.44 bits per heavy atom. The van der Waals surface area contributed by atoms with Crippen LogP contribution in [-0.2, 0) is 0 Å². The SMILES string of the molecule is CCC(CC)C(C#N)Nc1ccccc1Br. The standard InChI is InChI=1S/C13H17BrN2/c1-3-10(4-2)13(9-15)16-12-8-6-5-7-11(12)14/h5-8,10,13,16H,3-4H2,1-2H3. The van der Waals surface area contributed by atoms with Crippen LogP contribution in [0.2, 0.25) is 0 Å². The van der Waals surface area contributed by atoms with E-state index >= 15 is 0 Å². The number of benzene rings is 1. The number of nitriles is 1. The van der Waals surface area contributed by atoms with Crippen molar-refractivity contribution in [2.45, 2.75) is 32.7 Å². The molecule has 0 saturated heterocycles. The topological polar surface area (TPSA) is 35.8 Å². The Labute approximate surface area is 106 Å². The fourth-order valence-corrected chi connectivity index (χ4v) is 2.16. The van der Waals surface area contributed by atoms with Crippen molar-refractivity contribution >= 4 is 21.6 Å². The molecule has 0 amide bonds. The van der Waals surface area contributed by atoms with Gasteiger partial charge in [0.15, 0.2) is 0 Å². The van der Waals surface area contributed by atoms with Crippen LogP contribution < -0.4 is 5.32 Å². The molecule has 1 rings (SSSR count). The van der Waals surface area contributed by atoms with Crippen molar-refractivity contribution in [3.63, 3.8) is 0 Å². The van der Waals surface area contributed by atoms with E-state index < -0.39 is 0 Å². The van der Waals surface area contributed by atoms with Gasteiger partial charge in [0, 0.05) is 10.2 Å². The van der Waals surface area contributed by atoms with Crippen LogP contribution >= 0.6 is 15.9 Å². The smallest absolute Gasteiger partial charge is 0.117 e. The van der Waals surface area contributed by atoms with E-state index in [1.165, 1.54) is 0 Å². The second-order valence-corrected chi connectivity index (χ2v) is 4.66. The van der Waals surface area contributed by atoms with E-state index in [0.29, 0.717) is 5.92 Å². The van der Waals surface area contributed by atoms with Crippen LogP contribution in [0.5, 0.6) is 0 Å². The van der Waals surface area contributed by atoms with Gasteiger partial charge in [-0.3, -0.25) is 0 Å². The van der Waals surface area contributed by atoms with E-state index in [0.717, 1.165) is 23.0 Å². The minimum absolute atomic E-state index is 0.117. The molecule has 1 aromatic carbocycles. The summed E-state index contributed by atoms with van der Waals surface area (Å²) in [7, 11) is 0. The molecule has 2 nitrogen and oxygen atoms in total. The van der Waals surface area contributed by atoms with Gasteiger partial charge in [0.1, 0.15) is 6.04 Å². The van der Waals surface area contributed by atoms with Crippen molar-refractivity contribution in [3.8, 4) is 6.07 Å². The minimum atomic E-state index is -0.117. The summed E-state index contributed by atoms with van der Waals surface area (Å²) in [5, 5.41) is 12.5. The number of hydrogen-bond acceptors (Lipinski definition) is 2. The molecule has 0 saturated carbocycles. The molecule has 0 aliphatic carbocycles. The summed E-state index contributed by atoms with van der Waals surface area (Å²) >= 11 is 3.48. The third-order valence-corrected chi connectivity index (χ3v) is 3.54. The molecular weight excluding hydrogens is 264 g/mol. The van der Waals surface area contributed by atoms with Crippen molar-refractivity contribution in [1.82, 2.24) is 0 Å². The first kappa shape index (κ1) is 13.1. The molecule has 3 heteroatoms. The highest BCUT2D eigenvalue weighted by molar-refractivity contribution is 9.10. The predicted molar refractivity (Wildman–Crippen MR) is 71.2 cm³/mol. The Kier molecular flexibility index (Phi) is 5.34. The van der Waals surface area contributed by atoms with Crippen LogP contribution in [0.1, 0.15) is 26.7 Å². The van der Waals surface area contributed by atoms with E-state index in [4.69, 9.17) is 0 Å². The van der Waals surface area contributed by atoms with E-state index in [1.54, 1.807) is 0 Å². The van der Waals surface area contributed by atoms with Gasteiger partial charge in [-0.15, -0.1) is 0 Å². The molecule has 0 bridgehead atoms. The van der Waals surface area contributed by atoms with Crippen LogP contribution in [0.3, 0.4) is 0 Å². The molecule has 16 heavy (non-hydrogen) atoms. The highest BCUT2D eigenvalue weighted by Crippen LogP contribution is 2.24. The molecule has 0 aliphatic heterocycles. The van der Waals surface area contributed by atoms with Crippen molar-refractivity contribution in [1.29, 1.82) is 5.26 Å². The van der Waals surface area contributed by atoms with E-state index in [9.17, 15) is 5.26 Å². The summed E-state index contributed by atoms with van der Waals surface area (Å²) in [4.78, 5) is 0. The quantitative estimate of drug-likeness (QED) is 0.878. The first-order valence-electron chi connectivity index (χ1n) is 5.63.